The van der Waals surface area contributed by atoms with Crippen molar-refractivity contribution in [2.24, 2.45) is 0 Å². The Hall–Kier alpha value is -2.17. The van der Waals surface area contributed by atoms with Crippen LogP contribution >= 0.6 is 0 Å². The number of hydrogen-bond acceptors (Lipinski definition) is 3. The molecule has 2 atom stereocenters. The predicted octanol–water partition coefficient (Wildman–Crippen LogP) is 3.55. The van der Waals surface area contributed by atoms with Crippen LogP contribution in [-0.4, -0.2) is 11.0 Å². The Morgan fingerprint density at radius 1 is 1.04 bits per heavy atom. The van der Waals surface area contributed by atoms with E-state index in [1.165, 1.54) is 6.92 Å². The summed E-state index contributed by atoms with van der Waals surface area (Å²) in [6.07, 6.45) is 0. The lowest BCUT2D eigenvalue weighted by atomic mass is 10.0. The van der Waals surface area contributed by atoms with Gasteiger partial charge in [-0.15, -0.1) is 0 Å². The van der Waals surface area contributed by atoms with Crippen LogP contribution in [0.5, 0.6) is 0 Å². The zero-order valence-electron chi connectivity index (χ0n) is 13.8. The Labute approximate surface area is 137 Å². The van der Waals surface area contributed by atoms with E-state index in [0.717, 1.165) is 22.4 Å². The van der Waals surface area contributed by atoms with Crippen molar-refractivity contribution in [3.05, 3.63) is 65.2 Å². The summed E-state index contributed by atoms with van der Waals surface area (Å²) >= 11 is 0. The van der Waals surface area contributed by atoms with Gasteiger partial charge in [0, 0.05) is 24.7 Å². The van der Waals surface area contributed by atoms with Crippen LogP contribution in [0.3, 0.4) is 0 Å². The van der Waals surface area contributed by atoms with Gasteiger partial charge < -0.3 is 15.7 Å². The molecule has 4 heteroatoms. The zero-order chi connectivity index (χ0) is 16.8. The maximum Gasteiger partial charge on any atom is 0.221 e. The third-order valence-corrected chi connectivity index (χ3v) is 3.84. The van der Waals surface area contributed by atoms with Crippen molar-refractivity contribution in [2.45, 2.75) is 39.5 Å². The second-order valence-corrected chi connectivity index (χ2v) is 5.82. The molecule has 0 aliphatic rings. The molecule has 3 N–H and O–H groups in total. The van der Waals surface area contributed by atoms with Gasteiger partial charge in [-0.25, -0.2) is 0 Å². The molecule has 0 heterocycles. The number of aliphatic hydroxyl groups is 1. The quantitative estimate of drug-likeness (QED) is 0.764. The molecule has 0 spiro atoms. The highest BCUT2D eigenvalue weighted by atomic mass is 16.3. The summed E-state index contributed by atoms with van der Waals surface area (Å²) in [7, 11) is 0. The summed E-state index contributed by atoms with van der Waals surface area (Å²) < 4.78 is 0. The van der Waals surface area contributed by atoms with Gasteiger partial charge in [-0.2, -0.15) is 0 Å². The first-order valence-electron chi connectivity index (χ1n) is 7.83. The lowest BCUT2D eigenvalue weighted by Gasteiger charge is -2.21. The number of nitrogens with one attached hydrogen (secondary N) is 2. The van der Waals surface area contributed by atoms with Gasteiger partial charge in [0.25, 0.3) is 0 Å². The maximum absolute atomic E-state index is 11.2. The highest BCUT2D eigenvalue weighted by molar-refractivity contribution is 5.88. The van der Waals surface area contributed by atoms with Crippen LogP contribution in [0.1, 0.15) is 49.5 Å². The van der Waals surface area contributed by atoms with E-state index < -0.39 is 0 Å². The molecule has 4 nitrogen and oxygen atoms in total. The van der Waals surface area contributed by atoms with Crippen molar-refractivity contribution < 1.29 is 9.90 Å². The van der Waals surface area contributed by atoms with E-state index >= 15 is 0 Å². The number of anilines is 1. The summed E-state index contributed by atoms with van der Waals surface area (Å²) in [5.41, 5.74) is 3.97. The molecular formula is C19H24N2O2. The van der Waals surface area contributed by atoms with Gasteiger partial charge in [0.05, 0.1) is 6.61 Å². The second-order valence-electron chi connectivity index (χ2n) is 5.82. The standard InChI is InChI=1S/C19H24N2O2/c1-13(17-7-4-6-16(10-17)12-22)20-14(2)18-8-5-9-19(11-18)21-15(3)23/h4-11,13-14,20,22H,12H2,1-3H3,(H,21,23). The monoisotopic (exact) mass is 312 g/mol. The van der Waals surface area contributed by atoms with Crippen LogP contribution in [0.4, 0.5) is 5.69 Å². The van der Waals surface area contributed by atoms with Gasteiger partial charge >= 0.3 is 0 Å². The van der Waals surface area contributed by atoms with Gasteiger partial charge in [-0.1, -0.05) is 36.4 Å². The normalized spacial score (nSPS) is 13.4. The number of rotatable bonds is 6. The predicted molar refractivity (Wildman–Crippen MR) is 93.1 cm³/mol. The molecule has 0 aromatic heterocycles. The van der Waals surface area contributed by atoms with E-state index in [9.17, 15) is 9.90 Å². The molecule has 0 radical (unpaired) electrons. The minimum atomic E-state index is -0.0723. The van der Waals surface area contributed by atoms with E-state index in [-0.39, 0.29) is 24.6 Å². The molecular weight excluding hydrogens is 288 g/mol. The van der Waals surface area contributed by atoms with Crippen molar-refractivity contribution in [3.63, 3.8) is 0 Å². The molecule has 0 bridgehead atoms. The van der Waals surface area contributed by atoms with Crippen LogP contribution in [0.2, 0.25) is 0 Å². The van der Waals surface area contributed by atoms with E-state index in [1.807, 2.05) is 42.5 Å². The number of aliphatic hydroxyl groups excluding tert-OH is 1. The Morgan fingerprint density at radius 2 is 1.65 bits per heavy atom. The Balaban J connectivity index is 2.08. The van der Waals surface area contributed by atoms with Crippen molar-refractivity contribution in [2.75, 3.05) is 5.32 Å². The fraction of sp³-hybridized carbons (Fsp3) is 0.316. The molecule has 1 amide bonds. The zero-order valence-corrected chi connectivity index (χ0v) is 13.8. The van der Waals surface area contributed by atoms with Crippen LogP contribution in [0.25, 0.3) is 0 Å². The molecule has 0 saturated heterocycles. The minimum absolute atomic E-state index is 0.0505. The largest absolute Gasteiger partial charge is 0.392 e. The van der Waals surface area contributed by atoms with Crippen LogP contribution in [0, 0.1) is 0 Å². The summed E-state index contributed by atoms with van der Waals surface area (Å²) in [5, 5.41) is 15.6. The molecule has 0 aliphatic carbocycles. The smallest absolute Gasteiger partial charge is 0.221 e. The number of carbonyl (C=O) groups excluding carboxylic acids is 1. The molecule has 23 heavy (non-hydrogen) atoms. The maximum atomic E-state index is 11.2. The third kappa shape index (κ3) is 4.91. The molecule has 0 aliphatic heterocycles. The lowest BCUT2D eigenvalue weighted by molar-refractivity contribution is -0.114. The Morgan fingerprint density at radius 3 is 2.26 bits per heavy atom. The van der Waals surface area contributed by atoms with Crippen molar-refractivity contribution in [1.29, 1.82) is 0 Å². The molecule has 2 unspecified atom stereocenters. The average molecular weight is 312 g/mol. The van der Waals surface area contributed by atoms with Gasteiger partial charge in [0.15, 0.2) is 0 Å². The topological polar surface area (TPSA) is 61.4 Å². The summed E-state index contributed by atoms with van der Waals surface area (Å²) in [6, 6.07) is 16.1. The first kappa shape index (κ1) is 17.2. The Kier molecular flexibility index (Phi) is 5.90. The van der Waals surface area contributed by atoms with E-state index in [1.54, 1.807) is 0 Å². The Bertz CT molecular complexity index is 670. The number of benzene rings is 2. The molecule has 0 fully saturated rings. The number of hydrogen-bond donors (Lipinski definition) is 3. The van der Waals surface area contributed by atoms with Crippen LogP contribution < -0.4 is 10.6 Å². The van der Waals surface area contributed by atoms with Gasteiger partial charge in [0.2, 0.25) is 5.91 Å². The number of carbonyl (C=O) groups is 1. The summed E-state index contributed by atoms with van der Waals surface area (Å²) in [5.74, 6) is -0.0723. The SMILES string of the molecule is CC(=O)Nc1cccc(C(C)NC(C)c2cccc(CO)c2)c1. The molecule has 122 valence electrons. The molecule has 2 aromatic carbocycles. The van der Waals surface area contributed by atoms with E-state index in [4.69, 9.17) is 0 Å². The fourth-order valence-corrected chi connectivity index (χ4v) is 2.62. The van der Waals surface area contributed by atoms with Crippen molar-refractivity contribution >= 4 is 11.6 Å². The highest BCUT2D eigenvalue weighted by Gasteiger charge is 2.12. The average Bonchev–Trinajstić information content (AvgIpc) is 2.54. The first-order chi connectivity index (χ1) is 11.0. The van der Waals surface area contributed by atoms with Crippen LogP contribution in [-0.2, 0) is 11.4 Å². The highest BCUT2D eigenvalue weighted by Crippen LogP contribution is 2.22. The summed E-state index contributed by atoms with van der Waals surface area (Å²) in [6.45, 7) is 5.75. The van der Waals surface area contributed by atoms with Crippen LogP contribution in [0.15, 0.2) is 48.5 Å². The molecule has 2 rings (SSSR count). The fourth-order valence-electron chi connectivity index (χ4n) is 2.62. The summed E-state index contributed by atoms with van der Waals surface area (Å²) in [4.78, 5) is 11.2. The third-order valence-electron chi connectivity index (χ3n) is 3.84. The van der Waals surface area contributed by atoms with E-state index in [2.05, 4.69) is 30.5 Å². The van der Waals surface area contributed by atoms with Crippen molar-refractivity contribution in [3.8, 4) is 0 Å². The second kappa shape index (κ2) is 7.90. The molecule has 2 aromatic rings. The van der Waals surface area contributed by atoms with Gasteiger partial charge in [-0.05, 0) is 42.7 Å². The van der Waals surface area contributed by atoms with Crippen molar-refractivity contribution in [1.82, 2.24) is 5.32 Å². The van der Waals surface area contributed by atoms with E-state index in [0.29, 0.717) is 0 Å². The molecule has 0 saturated carbocycles. The lowest BCUT2D eigenvalue weighted by Crippen LogP contribution is -2.22. The van der Waals surface area contributed by atoms with Gasteiger partial charge in [-0.3, -0.25) is 4.79 Å². The minimum Gasteiger partial charge on any atom is -0.392 e. The number of amides is 1. The first-order valence-corrected chi connectivity index (χ1v) is 7.83. The van der Waals surface area contributed by atoms with Gasteiger partial charge in [0.1, 0.15) is 0 Å².